The lowest BCUT2D eigenvalue weighted by Gasteiger charge is -2.08. The maximum atomic E-state index is 12.1. The van der Waals surface area contributed by atoms with Crippen LogP contribution in [0.15, 0.2) is 42.5 Å². The molecule has 0 aliphatic rings. The molecular weight excluding hydrogens is 298 g/mol. The fourth-order valence-electron chi connectivity index (χ4n) is 1.85. The van der Waals surface area contributed by atoms with Gasteiger partial charge in [0.05, 0.1) is 7.11 Å². The van der Waals surface area contributed by atoms with Gasteiger partial charge in [0.25, 0.3) is 5.91 Å². The summed E-state index contributed by atoms with van der Waals surface area (Å²) in [7, 11) is 1.44. The largest absolute Gasteiger partial charge is 0.504 e. The highest BCUT2D eigenvalue weighted by Crippen LogP contribution is 2.28. The Labute approximate surface area is 133 Å². The molecule has 1 amide bonds. The number of phenols is 1. The van der Waals surface area contributed by atoms with Gasteiger partial charge in [0.1, 0.15) is 5.75 Å². The highest BCUT2D eigenvalue weighted by molar-refractivity contribution is 6.04. The average molecular weight is 315 g/mol. The van der Waals surface area contributed by atoms with E-state index in [-0.39, 0.29) is 24.0 Å². The number of amides is 1. The molecule has 0 fully saturated rings. The normalized spacial score (nSPS) is 10.0. The van der Waals surface area contributed by atoms with Crippen molar-refractivity contribution in [3.05, 3.63) is 48.0 Å². The number of benzene rings is 2. The van der Waals surface area contributed by atoms with Crippen LogP contribution in [0.1, 0.15) is 23.7 Å². The topological polar surface area (TPSA) is 84.9 Å². The third-order valence-electron chi connectivity index (χ3n) is 3.07. The number of hydrogen-bond donors (Lipinski definition) is 2. The Balaban J connectivity index is 2.06. The zero-order valence-corrected chi connectivity index (χ0v) is 12.8. The van der Waals surface area contributed by atoms with Crippen molar-refractivity contribution in [1.29, 1.82) is 0 Å². The van der Waals surface area contributed by atoms with E-state index in [0.717, 1.165) is 0 Å². The second-order valence-electron chi connectivity index (χ2n) is 4.69. The molecule has 0 atom stereocenters. The van der Waals surface area contributed by atoms with Gasteiger partial charge in [-0.15, -0.1) is 0 Å². The molecule has 23 heavy (non-hydrogen) atoms. The molecule has 0 aromatic heterocycles. The number of esters is 1. The van der Waals surface area contributed by atoms with Gasteiger partial charge in [-0.05, 0) is 36.4 Å². The number of carbonyl (C=O) groups excluding carboxylic acids is 2. The van der Waals surface area contributed by atoms with Gasteiger partial charge in [-0.1, -0.05) is 6.92 Å². The molecular formula is C17H17NO5. The molecule has 0 saturated heterocycles. The minimum Gasteiger partial charge on any atom is -0.504 e. The van der Waals surface area contributed by atoms with E-state index in [1.807, 2.05) is 0 Å². The molecule has 0 aliphatic carbocycles. The van der Waals surface area contributed by atoms with E-state index >= 15 is 0 Å². The summed E-state index contributed by atoms with van der Waals surface area (Å²) in [6.07, 6.45) is 0.281. The Hall–Kier alpha value is -3.02. The molecule has 120 valence electrons. The van der Waals surface area contributed by atoms with Crippen molar-refractivity contribution in [2.45, 2.75) is 13.3 Å². The molecule has 0 aliphatic heterocycles. The molecule has 2 aromatic rings. The van der Waals surface area contributed by atoms with E-state index in [2.05, 4.69) is 5.32 Å². The standard InChI is InChI=1S/C17H17NO5/c1-3-16(20)23-13-7-4-11(5-8-13)17(21)18-12-6-9-15(22-2)14(19)10-12/h4-10,19H,3H2,1-2H3,(H,18,21). The molecule has 0 unspecified atom stereocenters. The number of phenolic OH excluding ortho intramolecular Hbond substituents is 1. The smallest absolute Gasteiger partial charge is 0.310 e. The molecule has 0 heterocycles. The summed E-state index contributed by atoms with van der Waals surface area (Å²) in [5, 5.41) is 12.4. The summed E-state index contributed by atoms with van der Waals surface area (Å²) in [5.74, 6) is -0.0356. The van der Waals surface area contributed by atoms with Gasteiger partial charge in [0.15, 0.2) is 11.5 Å². The van der Waals surface area contributed by atoms with E-state index in [0.29, 0.717) is 22.7 Å². The number of rotatable bonds is 5. The lowest BCUT2D eigenvalue weighted by molar-refractivity contribution is -0.134. The van der Waals surface area contributed by atoms with E-state index in [1.54, 1.807) is 43.3 Å². The summed E-state index contributed by atoms with van der Waals surface area (Å²) in [4.78, 5) is 23.3. The zero-order valence-electron chi connectivity index (χ0n) is 12.8. The Kier molecular flexibility index (Phi) is 5.19. The summed E-state index contributed by atoms with van der Waals surface area (Å²) < 4.78 is 9.98. The summed E-state index contributed by atoms with van der Waals surface area (Å²) in [5.41, 5.74) is 0.839. The number of carbonyl (C=O) groups is 2. The van der Waals surface area contributed by atoms with Crippen molar-refractivity contribution < 1.29 is 24.2 Å². The average Bonchev–Trinajstić information content (AvgIpc) is 2.55. The molecule has 2 rings (SSSR count). The van der Waals surface area contributed by atoms with Gasteiger partial charge in [-0.25, -0.2) is 0 Å². The maximum Gasteiger partial charge on any atom is 0.310 e. The number of anilines is 1. The molecule has 2 aromatic carbocycles. The van der Waals surface area contributed by atoms with Gasteiger partial charge in [0.2, 0.25) is 0 Å². The first-order chi connectivity index (χ1) is 11.0. The Bertz CT molecular complexity index is 709. The van der Waals surface area contributed by atoms with Crippen molar-refractivity contribution >= 4 is 17.6 Å². The molecule has 0 bridgehead atoms. The highest BCUT2D eigenvalue weighted by atomic mass is 16.5. The quantitative estimate of drug-likeness (QED) is 0.654. The first-order valence-electron chi connectivity index (χ1n) is 7.02. The second kappa shape index (κ2) is 7.31. The molecule has 0 saturated carbocycles. The lowest BCUT2D eigenvalue weighted by Crippen LogP contribution is -2.12. The SMILES string of the molecule is CCC(=O)Oc1ccc(C(=O)Nc2ccc(OC)c(O)c2)cc1. The number of methoxy groups -OCH3 is 1. The van der Waals surface area contributed by atoms with Gasteiger partial charge >= 0.3 is 5.97 Å². The monoisotopic (exact) mass is 315 g/mol. The van der Waals surface area contributed by atoms with Crippen LogP contribution in [0.2, 0.25) is 0 Å². The van der Waals surface area contributed by atoms with Crippen molar-refractivity contribution in [3.63, 3.8) is 0 Å². The molecule has 0 radical (unpaired) electrons. The summed E-state index contributed by atoms with van der Waals surface area (Å²) in [6, 6.07) is 10.8. The summed E-state index contributed by atoms with van der Waals surface area (Å²) in [6.45, 7) is 1.70. The number of nitrogens with one attached hydrogen (secondary N) is 1. The van der Waals surface area contributed by atoms with E-state index < -0.39 is 0 Å². The fraction of sp³-hybridized carbons (Fsp3) is 0.176. The number of hydrogen-bond acceptors (Lipinski definition) is 5. The van der Waals surface area contributed by atoms with Crippen molar-refractivity contribution in [2.75, 3.05) is 12.4 Å². The van der Waals surface area contributed by atoms with Gasteiger partial charge in [-0.3, -0.25) is 9.59 Å². The van der Waals surface area contributed by atoms with Crippen LogP contribution < -0.4 is 14.8 Å². The molecule has 6 heteroatoms. The third kappa shape index (κ3) is 4.23. The maximum absolute atomic E-state index is 12.1. The molecule has 6 nitrogen and oxygen atoms in total. The van der Waals surface area contributed by atoms with Crippen LogP contribution in [0.3, 0.4) is 0 Å². The number of ether oxygens (including phenoxy) is 2. The third-order valence-corrected chi connectivity index (χ3v) is 3.07. The van der Waals surface area contributed by atoms with Crippen LogP contribution in [0.4, 0.5) is 5.69 Å². The first-order valence-corrected chi connectivity index (χ1v) is 7.02. The van der Waals surface area contributed by atoms with E-state index in [4.69, 9.17) is 9.47 Å². The molecule has 2 N–H and O–H groups in total. The predicted octanol–water partition coefficient (Wildman–Crippen LogP) is 2.97. The van der Waals surface area contributed by atoms with E-state index in [9.17, 15) is 14.7 Å². The highest BCUT2D eigenvalue weighted by Gasteiger charge is 2.09. The van der Waals surface area contributed by atoms with Crippen molar-refractivity contribution in [3.8, 4) is 17.2 Å². The Morgan fingerprint density at radius 1 is 1.13 bits per heavy atom. The number of aromatic hydroxyl groups is 1. The Morgan fingerprint density at radius 3 is 2.39 bits per heavy atom. The minimum atomic E-state index is -0.345. The Morgan fingerprint density at radius 2 is 1.83 bits per heavy atom. The summed E-state index contributed by atoms with van der Waals surface area (Å²) >= 11 is 0. The van der Waals surface area contributed by atoms with E-state index in [1.165, 1.54) is 13.2 Å². The predicted molar refractivity (Wildman–Crippen MR) is 85.0 cm³/mol. The van der Waals surface area contributed by atoms with Crippen LogP contribution in [0.25, 0.3) is 0 Å². The van der Waals surface area contributed by atoms with Gasteiger partial charge < -0.3 is 19.9 Å². The van der Waals surface area contributed by atoms with Crippen LogP contribution >= 0.6 is 0 Å². The lowest BCUT2D eigenvalue weighted by atomic mass is 10.2. The van der Waals surface area contributed by atoms with Crippen LogP contribution in [-0.2, 0) is 4.79 Å². The zero-order chi connectivity index (χ0) is 16.8. The first kappa shape index (κ1) is 16.4. The van der Waals surface area contributed by atoms with Crippen molar-refractivity contribution in [2.24, 2.45) is 0 Å². The van der Waals surface area contributed by atoms with Crippen molar-refractivity contribution in [1.82, 2.24) is 0 Å². The van der Waals surface area contributed by atoms with Crippen LogP contribution in [0.5, 0.6) is 17.2 Å². The van der Waals surface area contributed by atoms with Gasteiger partial charge in [0, 0.05) is 23.7 Å². The van der Waals surface area contributed by atoms with Crippen LogP contribution in [-0.4, -0.2) is 24.1 Å². The fourth-order valence-corrected chi connectivity index (χ4v) is 1.85. The van der Waals surface area contributed by atoms with Gasteiger partial charge in [-0.2, -0.15) is 0 Å². The molecule has 0 spiro atoms. The van der Waals surface area contributed by atoms with Crippen LogP contribution in [0, 0.1) is 0 Å². The minimum absolute atomic E-state index is 0.0628. The second-order valence-corrected chi connectivity index (χ2v) is 4.69.